The lowest BCUT2D eigenvalue weighted by atomic mass is 10.1. The first kappa shape index (κ1) is 17.9. The van der Waals surface area contributed by atoms with Gasteiger partial charge in [0.25, 0.3) is 5.91 Å². The predicted molar refractivity (Wildman–Crippen MR) is 102 cm³/mol. The van der Waals surface area contributed by atoms with E-state index >= 15 is 0 Å². The van der Waals surface area contributed by atoms with Crippen molar-refractivity contribution in [3.63, 3.8) is 0 Å². The molecule has 0 bridgehead atoms. The van der Waals surface area contributed by atoms with Crippen LogP contribution in [0.3, 0.4) is 0 Å². The van der Waals surface area contributed by atoms with Gasteiger partial charge in [-0.3, -0.25) is 4.79 Å². The Morgan fingerprint density at radius 1 is 1.18 bits per heavy atom. The number of fused-ring (bicyclic) bond motifs is 1. The monoisotopic (exact) mass is 380 g/mol. The van der Waals surface area contributed by atoms with Crippen LogP contribution in [0, 0.1) is 6.92 Å². The van der Waals surface area contributed by atoms with Gasteiger partial charge in [0.1, 0.15) is 11.3 Å². The number of rotatable bonds is 6. The highest BCUT2D eigenvalue weighted by molar-refractivity contribution is 6.00. The summed E-state index contributed by atoms with van der Waals surface area (Å²) in [6, 6.07) is 13.2. The fourth-order valence-electron chi connectivity index (χ4n) is 3.11. The number of carbonyl (C=O) groups excluding carboxylic acids is 1. The fraction of sp³-hybridized carbons (Fsp3) is 0.238. The van der Waals surface area contributed by atoms with E-state index in [1.54, 1.807) is 26.2 Å². The molecule has 0 radical (unpaired) electrons. The summed E-state index contributed by atoms with van der Waals surface area (Å²) < 4.78 is 21.4. The normalized spacial score (nSPS) is 12.1. The maximum absolute atomic E-state index is 12.8. The van der Waals surface area contributed by atoms with Gasteiger partial charge in [-0.2, -0.15) is 0 Å². The van der Waals surface area contributed by atoms with E-state index in [9.17, 15) is 4.79 Å². The van der Waals surface area contributed by atoms with Gasteiger partial charge in [0.15, 0.2) is 17.3 Å². The Labute approximate surface area is 162 Å². The summed E-state index contributed by atoms with van der Waals surface area (Å²) in [4.78, 5) is 12.8. The highest BCUT2D eigenvalue weighted by Crippen LogP contribution is 2.37. The Kier molecular flexibility index (Phi) is 4.89. The largest absolute Gasteiger partial charge is 0.497 e. The maximum Gasteiger partial charge on any atom is 0.257 e. The molecule has 1 aliphatic heterocycles. The number of amides is 1. The second kappa shape index (κ2) is 7.64. The molecule has 0 saturated carbocycles. The van der Waals surface area contributed by atoms with Crippen LogP contribution in [-0.4, -0.2) is 31.5 Å². The molecule has 2 heterocycles. The maximum atomic E-state index is 12.8. The molecule has 0 unspecified atom stereocenters. The molecule has 3 aromatic rings. The first-order valence-electron chi connectivity index (χ1n) is 8.93. The Hall–Kier alpha value is -3.48. The van der Waals surface area contributed by atoms with Crippen molar-refractivity contribution in [2.45, 2.75) is 13.3 Å². The molecule has 4 rings (SSSR count). The number of nitrogens with zero attached hydrogens (tertiary/aromatic N) is 1. The van der Waals surface area contributed by atoms with Crippen molar-refractivity contribution in [1.82, 2.24) is 10.5 Å². The minimum Gasteiger partial charge on any atom is -0.497 e. The van der Waals surface area contributed by atoms with Crippen LogP contribution in [0.5, 0.6) is 17.2 Å². The van der Waals surface area contributed by atoms with E-state index < -0.39 is 0 Å². The van der Waals surface area contributed by atoms with Crippen LogP contribution in [0.15, 0.2) is 47.0 Å². The lowest BCUT2D eigenvalue weighted by Gasteiger charge is -2.07. The molecule has 1 aromatic heterocycles. The van der Waals surface area contributed by atoms with E-state index in [0.717, 1.165) is 11.3 Å². The molecule has 1 amide bonds. The van der Waals surface area contributed by atoms with Gasteiger partial charge in [0.05, 0.1) is 12.8 Å². The van der Waals surface area contributed by atoms with E-state index in [4.69, 9.17) is 18.7 Å². The summed E-state index contributed by atoms with van der Waals surface area (Å²) in [6.07, 6.45) is 0.687. The van der Waals surface area contributed by atoms with Crippen molar-refractivity contribution in [3.05, 3.63) is 59.3 Å². The zero-order valence-electron chi connectivity index (χ0n) is 15.7. The molecule has 0 fully saturated rings. The minimum absolute atomic E-state index is 0.186. The molecule has 28 heavy (non-hydrogen) atoms. The summed E-state index contributed by atoms with van der Waals surface area (Å²) in [6.45, 7) is 2.42. The molecule has 1 aliphatic rings. The summed E-state index contributed by atoms with van der Waals surface area (Å²) >= 11 is 0. The summed E-state index contributed by atoms with van der Waals surface area (Å²) in [5.41, 5.74) is 2.75. The van der Waals surface area contributed by atoms with Crippen LogP contribution in [0.2, 0.25) is 0 Å². The Bertz CT molecular complexity index is 1010. The molecule has 7 nitrogen and oxygen atoms in total. The third-order valence-corrected chi connectivity index (χ3v) is 4.56. The Morgan fingerprint density at radius 2 is 2.04 bits per heavy atom. The number of ether oxygens (including phenoxy) is 3. The third kappa shape index (κ3) is 3.51. The van der Waals surface area contributed by atoms with Crippen LogP contribution in [0.1, 0.15) is 21.6 Å². The van der Waals surface area contributed by atoms with Crippen LogP contribution >= 0.6 is 0 Å². The van der Waals surface area contributed by atoms with Crippen LogP contribution < -0.4 is 19.5 Å². The standard InChI is InChI=1S/C21H20N2O5/c1-13-19(21(24)22-9-8-14-4-3-5-16(10-14)25-2)20(28-23-13)15-6-7-17-18(11-15)27-12-26-17/h3-7,10-11H,8-9,12H2,1-2H3,(H,22,24). The van der Waals surface area contributed by atoms with Gasteiger partial charge in [-0.15, -0.1) is 0 Å². The van der Waals surface area contributed by atoms with Gasteiger partial charge in [-0.25, -0.2) is 0 Å². The number of benzene rings is 2. The summed E-state index contributed by atoms with van der Waals surface area (Å²) in [5, 5.41) is 6.91. The molecule has 1 N–H and O–H groups in total. The van der Waals surface area contributed by atoms with Crippen molar-refractivity contribution in [2.24, 2.45) is 0 Å². The average Bonchev–Trinajstić information content (AvgIpc) is 3.33. The van der Waals surface area contributed by atoms with Gasteiger partial charge >= 0.3 is 0 Å². The first-order valence-corrected chi connectivity index (χ1v) is 8.93. The second-order valence-electron chi connectivity index (χ2n) is 6.40. The van der Waals surface area contributed by atoms with Gasteiger partial charge in [-0.05, 0) is 49.2 Å². The SMILES string of the molecule is COc1cccc(CCNC(=O)c2c(C)noc2-c2ccc3c(c2)OCO3)c1. The molecule has 144 valence electrons. The number of aromatic nitrogens is 1. The number of hydrogen-bond acceptors (Lipinski definition) is 6. The number of carbonyl (C=O) groups is 1. The van der Waals surface area contributed by atoms with Crippen molar-refractivity contribution in [2.75, 3.05) is 20.4 Å². The second-order valence-corrected chi connectivity index (χ2v) is 6.40. The molecular weight excluding hydrogens is 360 g/mol. The smallest absolute Gasteiger partial charge is 0.257 e. The van der Waals surface area contributed by atoms with Crippen molar-refractivity contribution >= 4 is 5.91 Å². The van der Waals surface area contributed by atoms with Gasteiger partial charge < -0.3 is 24.1 Å². The lowest BCUT2D eigenvalue weighted by Crippen LogP contribution is -2.26. The van der Waals surface area contributed by atoms with Crippen LogP contribution in [0.4, 0.5) is 0 Å². The number of aryl methyl sites for hydroxylation is 1. The quantitative estimate of drug-likeness (QED) is 0.706. The molecule has 2 aromatic carbocycles. The van der Waals surface area contributed by atoms with E-state index in [0.29, 0.717) is 47.0 Å². The fourth-order valence-corrected chi connectivity index (χ4v) is 3.11. The predicted octanol–water partition coefficient (Wildman–Crippen LogP) is 3.36. The first-order chi connectivity index (χ1) is 13.7. The third-order valence-electron chi connectivity index (χ3n) is 4.56. The number of nitrogens with one attached hydrogen (secondary N) is 1. The lowest BCUT2D eigenvalue weighted by molar-refractivity contribution is 0.0954. The summed E-state index contributed by atoms with van der Waals surface area (Å²) in [7, 11) is 1.63. The highest BCUT2D eigenvalue weighted by atomic mass is 16.7. The topological polar surface area (TPSA) is 82.8 Å². The highest BCUT2D eigenvalue weighted by Gasteiger charge is 2.23. The molecule has 7 heteroatoms. The molecule has 0 aliphatic carbocycles. The molecule has 0 saturated heterocycles. The number of methoxy groups -OCH3 is 1. The van der Waals surface area contributed by atoms with Gasteiger partial charge in [0.2, 0.25) is 6.79 Å². The van der Waals surface area contributed by atoms with E-state index in [-0.39, 0.29) is 12.7 Å². The van der Waals surface area contributed by atoms with Crippen molar-refractivity contribution in [1.29, 1.82) is 0 Å². The minimum atomic E-state index is -0.227. The zero-order valence-corrected chi connectivity index (χ0v) is 15.7. The number of hydrogen-bond donors (Lipinski definition) is 1. The summed E-state index contributed by atoms with van der Waals surface area (Å²) in [5.74, 6) is 2.27. The van der Waals surface area contributed by atoms with E-state index in [1.165, 1.54) is 0 Å². The molecule has 0 atom stereocenters. The Balaban J connectivity index is 1.48. The van der Waals surface area contributed by atoms with E-state index in [2.05, 4.69) is 10.5 Å². The van der Waals surface area contributed by atoms with E-state index in [1.807, 2.05) is 30.3 Å². The Morgan fingerprint density at radius 3 is 2.89 bits per heavy atom. The molecule has 0 spiro atoms. The van der Waals surface area contributed by atoms with Crippen LogP contribution in [-0.2, 0) is 6.42 Å². The molecular formula is C21H20N2O5. The van der Waals surface area contributed by atoms with Crippen LogP contribution in [0.25, 0.3) is 11.3 Å². The van der Waals surface area contributed by atoms with Gasteiger partial charge in [0, 0.05) is 12.1 Å². The van der Waals surface area contributed by atoms with Crippen molar-refractivity contribution < 1.29 is 23.5 Å². The average molecular weight is 380 g/mol. The zero-order chi connectivity index (χ0) is 19.5. The van der Waals surface area contributed by atoms with Crippen molar-refractivity contribution in [3.8, 4) is 28.6 Å². The van der Waals surface area contributed by atoms with Gasteiger partial charge in [-0.1, -0.05) is 17.3 Å².